The molecule has 0 aliphatic carbocycles. The normalized spacial score (nSPS) is 12.0. The lowest BCUT2D eigenvalue weighted by Gasteiger charge is -2.15. The number of para-hydroxylation sites is 3. The molecule has 0 aliphatic heterocycles. The number of aromatic nitrogens is 3. The van der Waals surface area contributed by atoms with Gasteiger partial charge in [-0.05, 0) is 66.2 Å². The van der Waals surface area contributed by atoms with Crippen molar-refractivity contribution in [3.8, 4) is 56.3 Å². The van der Waals surface area contributed by atoms with Crippen molar-refractivity contribution in [2.24, 2.45) is 0 Å². The van der Waals surface area contributed by atoms with Crippen molar-refractivity contribution in [3.63, 3.8) is 0 Å². The molecule has 0 unspecified atom stereocenters. The molecule has 65 heavy (non-hydrogen) atoms. The van der Waals surface area contributed by atoms with Crippen molar-refractivity contribution in [2.45, 2.75) is 0 Å². The van der Waals surface area contributed by atoms with Crippen LogP contribution < -0.4 is 0 Å². The standard InChI is InChI=1S/C59H33N3O2S/c1-2-12-36(13-3-1)57-46-32-45(58-56(44-17-7-11-21-54(44)65-58)55(46)43-16-4-8-18-47(43)60-57)34-22-24-35(25-23-34)48-33-49(37-26-28-41-39-14-5-9-19-50(39)63-52(41)30-37)62-59(61-48)38-27-29-42-40-15-6-10-20-51(40)64-53(42)31-38/h1-33H. The molecule has 5 aromatic heterocycles. The van der Waals surface area contributed by atoms with Gasteiger partial charge in [-0.2, -0.15) is 0 Å². The Bertz CT molecular complexity index is 4110. The second-order valence-electron chi connectivity index (χ2n) is 16.7. The van der Waals surface area contributed by atoms with E-state index in [9.17, 15) is 0 Å². The lowest BCUT2D eigenvalue weighted by molar-refractivity contribution is 0.668. The number of hydrogen-bond donors (Lipinski definition) is 0. The maximum absolute atomic E-state index is 6.35. The maximum Gasteiger partial charge on any atom is 0.160 e. The fraction of sp³-hybridized carbons (Fsp3) is 0. The minimum absolute atomic E-state index is 0.614. The highest BCUT2D eigenvalue weighted by molar-refractivity contribution is 7.26. The van der Waals surface area contributed by atoms with Gasteiger partial charge in [0.25, 0.3) is 0 Å². The number of nitrogens with zero attached hydrogens (tertiary/aromatic N) is 3. The number of pyridine rings is 1. The van der Waals surface area contributed by atoms with E-state index in [1.165, 1.54) is 31.1 Å². The highest BCUT2D eigenvalue weighted by atomic mass is 32.1. The van der Waals surface area contributed by atoms with Crippen LogP contribution in [-0.2, 0) is 0 Å². The fourth-order valence-corrected chi connectivity index (χ4v) is 11.1. The molecular weight excluding hydrogens is 815 g/mol. The summed E-state index contributed by atoms with van der Waals surface area (Å²) in [4.78, 5) is 15.8. The first-order valence-corrected chi connectivity index (χ1v) is 22.6. The quantitative estimate of drug-likeness (QED) is 0.161. The number of fused-ring (bicyclic) bond motifs is 13. The summed E-state index contributed by atoms with van der Waals surface area (Å²) in [5.74, 6) is 0.614. The zero-order chi connectivity index (χ0) is 42.6. The number of thiophene rings is 1. The van der Waals surface area contributed by atoms with Gasteiger partial charge in [-0.25, -0.2) is 15.0 Å². The Kier molecular flexibility index (Phi) is 7.79. The van der Waals surface area contributed by atoms with E-state index in [0.29, 0.717) is 5.82 Å². The van der Waals surface area contributed by atoms with E-state index in [1.807, 2.05) is 47.7 Å². The SMILES string of the molecule is c1ccc(-c2nc3ccccc3c3c2cc(-c2ccc(-c4cc(-c5ccc6c(c5)oc5ccccc56)nc(-c5ccc6c(c5)oc5ccccc56)n4)cc2)c2sc4ccccc4c23)cc1. The van der Waals surface area contributed by atoms with Crippen LogP contribution in [0.4, 0.5) is 0 Å². The van der Waals surface area contributed by atoms with E-state index in [0.717, 1.165) is 105 Å². The molecule has 0 fully saturated rings. The molecule has 14 rings (SSSR count). The Hall–Kier alpha value is -8.45. The van der Waals surface area contributed by atoms with Crippen LogP contribution in [0.5, 0.6) is 0 Å². The summed E-state index contributed by atoms with van der Waals surface area (Å²) in [7, 11) is 0. The van der Waals surface area contributed by atoms with Gasteiger partial charge in [0.1, 0.15) is 22.3 Å². The lowest BCUT2D eigenvalue weighted by atomic mass is 9.92. The van der Waals surface area contributed by atoms with Crippen LogP contribution in [0.1, 0.15) is 0 Å². The van der Waals surface area contributed by atoms with Crippen molar-refractivity contribution in [2.75, 3.05) is 0 Å². The van der Waals surface area contributed by atoms with E-state index in [4.69, 9.17) is 23.8 Å². The van der Waals surface area contributed by atoms with Crippen LogP contribution in [0.25, 0.3) is 142 Å². The molecule has 6 heteroatoms. The van der Waals surface area contributed by atoms with Gasteiger partial charge in [0.05, 0.1) is 22.6 Å². The predicted molar refractivity (Wildman–Crippen MR) is 269 cm³/mol. The van der Waals surface area contributed by atoms with Gasteiger partial charge in [-0.15, -0.1) is 11.3 Å². The molecule has 0 radical (unpaired) electrons. The minimum Gasteiger partial charge on any atom is -0.456 e. The van der Waals surface area contributed by atoms with Gasteiger partial charge >= 0.3 is 0 Å². The number of hydrogen-bond acceptors (Lipinski definition) is 6. The molecule has 14 aromatic rings. The van der Waals surface area contributed by atoms with Gasteiger partial charge in [-0.3, -0.25) is 0 Å². The summed E-state index contributed by atoms with van der Waals surface area (Å²) in [6, 6.07) is 70.1. The molecule has 0 N–H and O–H groups in total. The van der Waals surface area contributed by atoms with Crippen molar-refractivity contribution in [1.82, 2.24) is 15.0 Å². The van der Waals surface area contributed by atoms with Crippen molar-refractivity contribution in [3.05, 3.63) is 200 Å². The van der Waals surface area contributed by atoms with Gasteiger partial charge in [0.2, 0.25) is 0 Å². The average Bonchev–Trinajstić information content (AvgIpc) is 4.07. The third-order valence-corrected chi connectivity index (χ3v) is 14.1. The Morgan fingerprint density at radius 2 is 0.892 bits per heavy atom. The number of rotatable bonds is 5. The monoisotopic (exact) mass is 847 g/mol. The molecule has 0 atom stereocenters. The lowest BCUT2D eigenvalue weighted by Crippen LogP contribution is -1.96. The predicted octanol–water partition coefficient (Wildman–Crippen LogP) is 16.7. The van der Waals surface area contributed by atoms with Crippen LogP contribution in [-0.4, -0.2) is 15.0 Å². The van der Waals surface area contributed by atoms with Crippen LogP contribution in [0.3, 0.4) is 0 Å². The summed E-state index contributed by atoms with van der Waals surface area (Å²) >= 11 is 1.86. The third kappa shape index (κ3) is 5.67. The molecule has 5 heterocycles. The fourth-order valence-electron chi connectivity index (χ4n) is 9.80. The van der Waals surface area contributed by atoms with Gasteiger partial charge in [0.15, 0.2) is 5.82 Å². The summed E-state index contributed by atoms with van der Waals surface area (Å²) in [5, 5.41) is 10.4. The second-order valence-corrected chi connectivity index (χ2v) is 17.7. The molecule has 0 saturated heterocycles. The van der Waals surface area contributed by atoms with Crippen molar-refractivity contribution < 1.29 is 8.83 Å². The van der Waals surface area contributed by atoms with Gasteiger partial charge in [0, 0.05) is 85.7 Å². The highest BCUT2D eigenvalue weighted by Crippen LogP contribution is 2.48. The first-order chi connectivity index (χ1) is 32.2. The van der Waals surface area contributed by atoms with Gasteiger partial charge < -0.3 is 8.83 Å². The summed E-state index contributed by atoms with van der Waals surface area (Å²) in [6.07, 6.45) is 0. The zero-order valence-corrected chi connectivity index (χ0v) is 35.4. The molecule has 0 spiro atoms. The first-order valence-electron chi connectivity index (χ1n) is 21.7. The molecule has 0 saturated carbocycles. The van der Waals surface area contributed by atoms with Crippen molar-refractivity contribution in [1.29, 1.82) is 0 Å². The molecular formula is C59H33N3O2S. The molecule has 302 valence electrons. The summed E-state index contributed by atoms with van der Waals surface area (Å²) < 4.78 is 15.2. The third-order valence-electron chi connectivity index (χ3n) is 12.9. The average molecular weight is 848 g/mol. The van der Waals surface area contributed by atoms with Crippen LogP contribution in [0, 0.1) is 0 Å². The van der Waals surface area contributed by atoms with E-state index < -0.39 is 0 Å². The Labute approximate surface area is 375 Å². The maximum atomic E-state index is 6.35. The molecule has 5 nitrogen and oxygen atoms in total. The van der Waals surface area contributed by atoms with E-state index in [2.05, 4.69) is 164 Å². The van der Waals surface area contributed by atoms with E-state index >= 15 is 0 Å². The topological polar surface area (TPSA) is 65.0 Å². The van der Waals surface area contributed by atoms with Crippen molar-refractivity contribution >= 4 is 97.1 Å². The zero-order valence-electron chi connectivity index (χ0n) is 34.6. The summed E-state index contributed by atoms with van der Waals surface area (Å²) in [5.41, 5.74) is 13.1. The van der Waals surface area contributed by atoms with Gasteiger partial charge in [-0.1, -0.05) is 140 Å². The first kappa shape index (κ1) is 36.1. The van der Waals surface area contributed by atoms with Crippen LogP contribution in [0.2, 0.25) is 0 Å². The Morgan fingerprint density at radius 3 is 1.63 bits per heavy atom. The number of benzene rings is 9. The minimum atomic E-state index is 0.614. The second kappa shape index (κ2) is 14.0. The van der Waals surface area contributed by atoms with Crippen LogP contribution >= 0.6 is 11.3 Å². The largest absolute Gasteiger partial charge is 0.456 e. The van der Waals surface area contributed by atoms with Crippen LogP contribution in [0.15, 0.2) is 209 Å². The number of furan rings is 2. The Balaban J connectivity index is 0.958. The Morgan fingerprint density at radius 1 is 0.338 bits per heavy atom. The molecule has 0 aliphatic rings. The molecule has 0 amide bonds. The van der Waals surface area contributed by atoms with E-state index in [-0.39, 0.29) is 0 Å². The molecule has 0 bridgehead atoms. The molecule has 9 aromatic carbocycles. The smallest absolute Gasteiger partial charge is 0.160 e. The van der Waals surface area contributed by atoms with E-state index in [1.54, 1.807) is 0 Å². The highest BCUT2D eigenvalue weighted by Gasteiger charge is 2.21. The summed E-state index contributed by atoms with van der Waals surface area (Å²) in [6.45, 7) is 0.